The second-order valence-corrected chi connectivity index (χ2v) is 6.17. The van der Waals surface area contributed by atoms with Crippen LogP contribution in [0.5, 0.6) is 0 Å². The van der Waals surface area contributed by atoms with Crippen LogP contribution in [-0.4, -0.2) is 37.9 Å². The lowest BCUT2D eigenvalue weighted by Gasteiger charge is -2.24. The van der Waals surface area contributed by atoms with Crippen molar-refractivity contribution >= 4 is 16.9 Å². The van der Waals surface area contributed by atoms with Crippen LogP contribution < -0.4 is 4.90 Å². The number of anilines is 1. The molecule has 2 aromatic heterocycles. The van der Waals surface area contributed by atoms with Gasteiger partial charge in [0, 0.05) is 13.6 Å². The first kappa shape index (κ1) is 14.1. The van der Waals surface area contributed by atoms with Gasteiger partial charge in [0.15, 0.2) is 5.65 Å². The highest BCUT2D eigenvalue weighted by Gasteiger charge is 2.38. The number of nitrogens with zero attached hydrogens (tertiary/aromatic N) is 5. The third-order valence-electron chi connectivity index (χ3n) is 4.54. The zero-order chi connectivity index (χ0) is 16.0. The Morgan fingerprint density at radius 2 is 1.96 bits per heavy atom. The van der Waals surface area contributed by atoms with Crippen LogP contribution >= 0.6 is 0 Å². The van der Waals surface area contributed by atoms with E-state index in [0.29, 0.717) is 18.8 Å². The maximum Gasteiger partial charge on any atom is 0.163 e. The second kappa shape index (κ2) is 5.03. The Bertz CT molecular complexity index is 860. The number of β-amino-alcohol motifs (C(OH)–C–C–N with tert-alkyl or cyclic N) is 1. The Morgan fingerprint density at radius 3 is 2.74 bits per heavy atom. The van der Waals surface area contributed by atoms with Crippen LogP contribution in [0.2, 0.25) is 0 Å². The summed E-state index contributed by atoms with van der Waals surface area (Å²) in [6.45, 7) is 3.17. The van der Waals surface area contributed by atoms with Gasteiger partial charge in [0.1, 0.15) is 17.2 Å². The molecule has 0 bridgehead atoms. The van der Waals surface area contributed by atoms with Crippen molar-refractivity contribution in [2.45, 2.75) is 18.9 Å². The van der Waals surface area contributed by atoms with Crippen LogP contribution in [0.15, 0.2) is 36.5 Å². The second-order valence-electron chi connectivity index (χ2n) is 6.17. The van der Waals surface area contributed by atoms with Crippen LogP contribution in [0.25, 0.3) is 11.0 Å². The third kappa shape index (κ3) is 2.26. The Morgan fingerprint density at radius 1 is 1.17 bits per heavy atom. The molecule has 1 saturated heterocycles. The molecule has 4 rings (SSSR count). The highest BCUT2D eigenvalue weighted by molar-refractivity contribution is 5.87. The first-order valence-electron chi connectivity index (χ1n) is 7.76. The zero-order valence-electron chi connectivity index (χ0n) is 13.3. The van der Waals surface area contributed by atoms with E-state index in [9.17, 15) is 5.11 Å². The fraction of sp³-hybridized carbons (Fsp3) is 0.353. The average molecular weight is 309 g/mol. The summed E-state index contributed by atoms with van der Waals surface area (Å²) in [6.07, 6.45) is 2.48. The quantitative estimate of drug-likeness (QED) is 0.781. The van der Waals surface area contributed by atoms with Gasteiger partial charge in [0.05, 0.1) is 18.1 Å². The third-order valence-corrected chi connectivity index (χ3v) is 4.54. The van der Waals surface area contributed by atoms with Gasteiger partial charge in [-0.05, 0) is 18.9 Å². The van der Waals surface area contributed by atoms with Gasteiger partial charge in [-0.1, -0.05) is 30.3 Å². The first-order chi connectivity index (χ1) is 11.1. The Balaban J connectivity index is 1.73. The summed E-state index contributed by atoms with van der Waals surface area (Å²) in [6, 6.07) is 9.85. The molecule has 1 N–H and O–H groups in total. The van der Waals surface area contributed by atoms with Gasteiger partial charge in [0.25, 0.3) is 0 Å². The molecule has 6 heteroatoms. The molecule has 1 atom stereocenters. The van der Waals surface area contributed by atoms with E-state index >= 15 is 0 Å². The minimum absolute atomic E-state index is 0.525. The van der Waals surface area contributed by atoms with E-state index < -0.39 is 5.60 Å². The van der Waals surface area contributed by atoms with E-state index in [1.165, 1.54) is 0 Å². The molecule has 118 valence electrons. The normalized spacial score (nSPS) is 21.3. The predicted octanol–water partition coefficient (Wildman–Crippen LogP) is 1.77. The summed E-state index contributed by atoms with van der Waals surface area (Å²) in [7, 11) is 1.88. The Hall–Kier alpha value is -2.47. The molecule has 3 heterocycles. The molecule has 0 spiro atoms. The fourth-order valence-corrected chi connectivity index (χ4v) is 3.31. The molecule has 0 aliphatic carbocycles. The van der Waals surface area contributed by atoms with E-state index in [-0.39, 0.29) is 0 Å². The molecule has 1 aromatic carbocycles. The minimum atomic E-state index is -0.839. The van der Waals surface area contributed by atoms with E-state index in [0.717, 1.165) is 29.0 Å². The zero-order valence-corrected chi connectivity index (χ0v) is 13.3. The van der Waals surface area contributed by atoms with Crippen LogP contribution in [-0.2, 0) is 12.6 Å². The summed E-state index contributed by atoms with van der Waals surface area (Å²) >= 11 is 0. The summed E-state index contributed by atoms with van der Waals surface area (Å²) in [5, 5.41) is 16.2. The van der Waals surface area contributed by atoms with E-state index in [2.05, 4.69) is 20.0 Å². The lowest BCUT2D eigenvalue weighted by Crippen LogP contribution is -2.31. The molecule has 0 amide bonds. The molecule has 0 radical (unpaired) electrons. The van der Waals surface area contributed by atoms with E-state index in [1.807, 2.05) is 44.3 Å². The van der Waals surface area contributed by atoms with Gasteiger partial charge in [-0.25, -0.2) is 9.97 Å². The average Bonchev–Trinajstić information content (AvgIpc) is 3.13. The van der Waals surface area contributed by atoms with Gasteiger partial charge in [-0.2, -0.15) is 5.10 Å². The number of fused-ring (bicyclic) bond motifs is 1. The number of hydrogen-bond acceptors (Lipinski definition) is 5. The number of rotatable bonds is 2. The van der Waals surface area contributed by atoms with E-state index in [1.54, 1.807) is 10.9 Å². The smallest absolute Gasteiger partial charge is 0.163 e. The predicted molar refractivity (Wildman–Crippen MR) is 88.2 cm³/mol. The summed E-state index contributed by atoms with van der Waals surface area (Å²) < 4.78 is 1.76. The van der Waals surface area contributed by atoms with Crippen LogP contribution in [0.1, 0.15) is 17.8 Å². The molecular weight excluding hydrogens is 290 g/mol. The molecule has 1 aliphatic rings. The van der Waals surface area contributed by atoms with Crippen molar-refractivity contribution in [2.75, 3.05) is 18.0 Å². The van der Waals surface area contributed by atoms with Crippen molar-refractivity contribution in [3.8, 4) is 0 Å². The standard InChI is InChI=1S/C17H19N5O/c1-12-19-15-14(10-18-21(15)2)16(20-12)22-9-8-17(23,11-22)13-6-4-3-5-7-13/h3-7,10,23H,8-9,11H2,1-2H3/t17-/m1/s1. The maximum absolute atomic E-state index is 11.0. The van der Waals surface area contributed by atoms with Crippen molar-refractivity contribution in [1.29, 1.82) is 0 Å². The number of aromatic nitrogens is 4. The van der Waals surface area contributed by atoms with Gasteiger partial charge < -0.3 is 10.0 Å². The summed E-state index contributed by atoms with van der Waals surface area (Å²) in [5.74, 6) is 1.57. The SMILES string of the molecule is Cc1nc(N2CC[C@](O)(c3ccccc3)C2)c2cnn(C)c2n1. The highest BCUT2D eigenvalue weighted by Crippen LogP contribution is 2.35. The first-order valence-corrected chi connectivity index (χ1v) is 7.76. The maximum atomic E-state index is 11.0. The van der Waals surface area contributed by atoms with Gasteiger partial charge in [0.2, 0.25) is 0 Å². The molecule has 1 fully saturated rings. The van der Waals surface area contributed by atoms with Crippen molar-refractivity contribution in [3.05, 3.63) is 47.9 Å². The van der Waals surface area contributed by atoms with Crippen molar-refractivity contribution in [1.82, 2.24) is 19.7 Å². The summed E-state index contributed by atoms with van der Waals surface area (Å²) in [5.41, 5.74) is 0.938. The van der Waals surface area contributed by atoms with Crippen LogP contribution in [0.3, 0.4) is 0 Å². The Kier molecular flexibility index (Phi) is 3.09. The van der Waals surface area contributed by atoms with Crippen molar-refractivity contribution in [3.63, 3.8) is 0 Å². The topological polar surface area (TPSA) is 67.1 Å². The highest BCUT2D eigenvalue weighted by atomic mass is 16.3. The van der Waals surface area contributed by atoms with Crippen LogP contribution in [0, 0.1) is 6.92 Å². The molecule has 0 unspecified atom stereocenters. The molecular formula is C17H19N5O. The Labute approximate surface area is 134 Å². The minimum Gasteiger partial charge on any atom is -0.383 e. The fourth-order valence-electron chi connectivity index (χ4n) is 3.31. The number of benzene rings is 1. The number of aliphatic hydroxyl groups is 1. The van der Waals surface area contributed by atoms with Crippen LogP contribution in [0.4, 0.5) is 5.82 Å². The van der Waals surface area contributed by atoms with Gasteiger partial charge >= 0.3 is 0 Å². The van der Waals surface area contributed by atoms with E-state index in [4.69, 9.17) is 0 Å². The molecule has 0 saturated carbocycles. The monoisotopic (exact) mass is 309 g/mol. The summed E-state index contributed by atoms with van der Waals surface area (Å²) in [4.78, 5) is 11.2. The largest absolute Gasteiger partial charge is 0.383 e. The van der Waals surface area contributed by atoms with Gasteiger partial charge in [-0.3, -0.25) is 4.68 Å². The lowest BCUT2D eigenvalue weighted by atomic mass is 9.93. The van der Waals surface area contributed by atoms with Crippen molar-refractivity contribution in [2.24, 2.45) is 7.05 Å². The van der Waals surface area contributed by atoms with Gasteiger partial charge in [-0.15, -0.1) is 0 Å². The molecule has 3 aromatic rings. The lowest BCUT2D eigenvalue weighted by molar-refractivity contribution is 0.0606. The van der Waals surface area contributed by atoms with Crippen molar-refractivity contribution < 1.29 is 5.11 Å². The molecule has 1 aliphatic heterocycles. The molecule has 6 nitrogen and oxygen atoms in total. The number of aryl methyl sites for hydroxylation is 2. The molecule has 23 heavy (non-hydrogen) atoms. The number of hydrogen-bond donors (Lipinski definition) is 1.